The first-order valence-electron chi connectivity index (χ1n) is 9.03. The van der Waals surface area contributed by atoms with Crippen LogP contribution in [-0.4, -0.2) is 36.6 Å². The molecule has 3 N–H and O–H groups in total. The summed E-state index contributed by atoms with van der Waals surface area (Å²) < 4.78 is 41.4. The average Bonchev–Trinajstić information content (AvgIpc) is 3.13. The van der Waals surface area contributed by atoms with Gasteiger partial charge in [0.05, 0.1) is 37.9 Å². The highest BCUT2D eigenvalue weighted by Crippen LogP contribution is 2.35. The number of carbonyl (C=O) groups is 1. The molecular weight excluding hydrogens is 453 g/mol. The Balaban J connectivity index is 1.93. The lowest BCUT2D eigenvalue weighted by Crippen LogP contribution is -2.18. The summed E-state index contributed by atoms with van der Waals surface area (Å²) >= 11 is 7.47. The summed E-state index contributed by atoms with van der Waals surface area (Å²) in [4.78, 5) is 21.1. The third-order valence-electron chi connectivity index (χ3n) is 4.01. The van der Waals surface area contributed by atoms with Gasteiger partial charge in [0.2, 0.25) is 10.0 Å². The van der Waals surface area contributed by atoms with Crippen molar-refractivity contribution in [2.75, 3.05) is 27.7 Å². The van der Waals surface area contributed by atoms with Crippen molar-refractivity contribution in [3.8, 4) is 0 Å². The van der Waals surface area contributed by atoms with Crippen LogP contribution in [0.2, 0.25) is 5.02 Å². The summed E-state index contributed by atoms with van der Waals surface area (Å²) in [5.41, 5.74) is 0.302. The van der Waals surface area contributed by atoms with Gasteiger partial charge >= 0.3 is 0 Å². The van der Waals surface area contributed by atoms with Crippen molar-refractivity contribution in [2.45, 2.75) is 20.3 Å². The molecular formula is C18H19ClFN5O3S2. The third kappa shape index (κ3) is 4.63. The van der Waals surface area contributed by atoms with E-state index in [0.717, 1.165) is 6.07 Å². The van der Waals surface area contributed by atoms with Gasteiger partial charge in [0.15, 0.2) is 0 Å². The van der Waals surface area contributed by atoms with E-state index in [-0.39, 0.29) is 27.7 Å². The summed E-state index contributed by atoms with van der Waals surface area (Å²) in [6.45, 7) is 4.28. The van der Waals surface area contributed by atoms with E-state index in [2.05, 4.69) is 25.3 Å². The number of amides is 1. The molecule has 0 radical (unpaired) electrons. The van der Waals surface area contributed by atoms with Gasteiger partial charge in [-0.25, -0.2) is 22.8 Å². The molecule has 0 unspecified atom stereocenters. The number of carbonyl (C=O) groups excluding carboxylic acids is 1. The molecule has 0 spiro atoms. The Morgan fingerprint density at radius 3 is 2.73 bits per heavy atom. The molecule has 2 aromatic heterocycles. The Bertz CT molecular complexity index is 1200. The molecule has 1 amide bonds. The van der Waals surface area contributed by atoms with Gasteiger partial charge in [0.25, 0.3) is 5.91 Å². The molecule has 1 aromatic carbocycles. The van der Waals surface area contributed by atoms with Gasteiger partial charge in [-0.05, 0) is 25.5 Å². The van der Waals surface area contributed by atoms with Crippen molar-refractivity contribution >= 4 is 66.3 Å². The monoisotopic (exact) mass is 471 g/mol. The Morgan fingerprint density at radius 1 is 1.27 bits per heavy atom. The van der Waals surface area contributed by atoms with Crippen LogP contribution >= 0.6 is 22.9 Å². The van der Waals surface area contributed by atoms with Crippen LogP contribution in [0, 0.1) is 5.82 Å². The van der Waals surface area contributed by atoms with Gasteiger partial charge in [-0.15, -0.1) is 11.3 Å². The second-order valence-corrected chi connectivity index (χ2v) is 9.34. The lowest BCUT2D eigenvalue weighted by atomic mass is 10.2. The van der Waals surface area contributed by atoms with Crippen molar-refractivity contribution in [3.05, 3.63) is 40.2 Å². The highest BCUT2D eigenvalue weighted by atomic mass is 35.5. The molecule has 0 aliphatic heterocycles. The fourth-order valence-electron chi connectivity index (χ4n) is 2.72. The quantitative estimate of drug-likeness (QED) is 0.451. The number of rotatable bonds is 8. The number of thiophene rings is 1. The molecule has 12 heteroatoms. The minimum absolute atomic E-state index is 0.0197. The smallest absolute Gasteiger partial charge is 0.258 e. The van der Waals surface area contributed by atoms with Crippen LogP contribution in [-0.2, 0) is 10.0 Å². The minimum Gasteiger partial charge on any atom is -0.369 e. The van der Waals surface area contributed by atoms with Gasteiger partial charge in [0.1, 0.15) is 18.0 Å². The van der Waals surface area contributed by atoms with E-state index < -0.39 is 21.7 Å². The molecule has 30 heavy (non-hydrogen) atoms. The molecule has 0 saturated carbocycles. The molecule has 0 atom stereocenters. The van der Waals surface area contributed by atoms with E-state index in [4.69, 9.17) is 11.6 Å². The van der Waals surface area contributed by atoms with Crippen LogP contribution in [0.4, 0.5) is 21.6 Å². The first-order chi connectivity index (χ1) is 14.3. The molecule has 8 nitrogen and oxygen atoms in total. The highest BCUT2D eigenvalue weighted by molar-refractivity contribution is 7.92. The number of hydrogen-bond acceptors (Lipinski definition) is 7. The normalized spacial score (nSPS) is 11.5. The van der Waals surface area contributed by atoms with Crippen LogP contribution in [0.15, 0.2) is 23.8 Å². The lowest BCUT2D eigenvalue weighted by Gasteiger charge is -2.13. The molecule has 0 aliphatic carbocycles. The number of anilines is 3. The van der Waals surface area contributed by atoms with Gasteiger partial charge in [-0.1, -0.05) is 18.5 Å². The van der Waals surface area contributed by atoms with Gasteiger partial charge in [0, 0.05) is 11.9 Å². The summed E-state index contributed by atoms with van der Waals surface area (Å²) in [6, 6.07) is 2.24. The van der Waals surface area contributed by atoms with Crippen LogP contribution in [0.5, 0.6) is 0 Å². The maximum absolute atomic E-state index is 14.4. The number of sulfonamides is 1. The van der Waals surface area contributed by atoms with Crippen molar-refractivity contribution in [3.63, 3.8) is 0 Å². The summed E-state index contributed by atoms with van der Waals surface area (Å²) in [5.74, 6) is -0.939. The van der Waals surface area contributed by atoms with Gasteiger partial charge in [-0.2, -0.15) is 0 Å². The average molecular weight is 472 g/mol. The Labute approximate surface area is 181 Å². The van der Waals surface area contributed by atoms with Crippen LogP contribution < -0.4 is 15.4 Å². The Hall–Kier alpha value is -2.50. The number of fused-ring (bicyclic) bond motifs is 1. The summed E-state index contributed by atoms with van der Waals surface area (Å²) in [6.07, 6.45) is 1.74. The molecule has 0 saturated heterocycles. The molecule has 3 rings (SSSR count). The molecule has 3 aromatic rings. The third-order valence-corrected chi connectivity index (χ3v) is 6.86. The fraction of sp³-hybridized carbons (Fsp3) is 0.278. The second kappa shape index (κ2) is 9.11. The summed E-state index contributed by atoms with van der Waals surface area (Å²) in [7, 11) is -3.64. The first-order valence-corrected chi connectivity index (χ1v) is 11.9. The van der Waals surface area contributed by atoms with E-state index in [0.29, 0.717) is 29.0 Å². The van der Waals surface area contributed by atoms with Crippen molar-refractivity contribution in [2.24, 2.45) is 0 Å². The predicted molar refractivity (Wildman–Crippen MR) is 119 cm³/mol. The zero-order chi connectivity index (χ0) is 21.9. The molecule has 0 aliphatic rings. The predicted octanol–water partition coefficient (Wildman–Crippen LogP) is 4.32. The van der Waals surface area contributed by atoms with Crippen molar-refractivity contribution < 1.29 is 17.6 Å². The molecule has 160 valence electrons. The SMILES string of the molecule is CCCS(=O)(=O)Nc1ccc(F)c(NC(=O)c2csc3c(NCC)ncnc23)c1Cl. The molecule has 0 fully saturated rings. The lowest BCUT2D eigenvalue weighted by molar-refractivity contribution is 0.102. The summed E-state index contributed by atoms with van der Waals surface area (Å²) in [5, 5.41) is 6.87. The molecule has 0 bridgehead atoms. The first kappa shape index (κ1) is 22.2. The van der Waals surface area contributed by atoms with Crippen LogP contribution in [0.3, 0.4) is 0 Å². The Morgan fingerprint density at radius 2 is 2.03 bits per heavy atom. The minimum atomic E-state index is -3.64. The topological polar surface area (TPSA) is 113 Å². The number of nitrogens with one attached hydrogen (secondary N) is 3. The number of aromatic nitrogens is 2. The fourth-order valence-corrected chi connectivity index (χ4v) is 5.13. The number of benzene rings is 1. The highest BCUT2D eigenvalue weighted by Gasteiger charge is 2.21. The zero-order valence-corrected chi connectivity index (χ0v) is 18.5. The van der Waals surface area contributed by atoms with Gasteiger partial charge in [-0.3, -0.25) is 9.52 Å². The Kier molecular flexibility index (Phi) is 6.74. The van der Waals surface area contributed by atoms with Crippen LogP contribution in [0.1, 0.15) is 30.6 Å². The standard InChI is InChI=1S/C18H19ClFN5O3S2/c1-3-7-30(27,28)25-12-6-5-11(20)15(13(12)19)24-18(26)10-8-29-16-14(10)22-9-23-17(16)21-4-2/h5-6,8-9,25H,3-4,7H2,1-2H3,(H,24,26)(H,21,22,23). The second-order valence-electron chi connectivity index (χ2n) is 6.24. The van der Waals surface area contributed by atoms with E-state index >= 15 is 0 Å². The maximum atomic E-state index is 14.4. The largest absolute Gasteiger partial charge is 0.369 e. The number of hydrogen-bond donors (Lipinski definition) is 3. The van der Waals surface area contributed by atoms with Crippen molar-refractivity contribution in [1.82, 2.24) is 9.97 Å². The maximum Gasteiger partial charge on any atom is 0.258 e. The van der Waals surface area contributed by atoms with E-state index in [9.17, 15) is 17.6 Å². The van der Waals surface area contributed by atoms with E-state index in [1.165, 1.54) is 23.7 Å². The van der Waals surface area contributed by atoms with Crippen LogP contribution in [0.25, 0.3) is 10.2 Å². The molecule has 2 heterocycles. The number of nitrogens with zero attached hydrogens (tertiary/aromatic N) is 2. The number of halogens is 2. The van der Waals surface area contributed by atoms with E-state index in [1.807, 2.05) is 6.92 Å². The van der Waals surface area contributed by atoms with Gasteiger partial charge < -0.3 is 10.6 Å². The van der Waals surface area contributed by atoms with Crippen molar-refractivity contribution in [1.29, 1.82) is 0 Å². The van der Waals surface area contributed by atoms with E-state index in [1.54, 1.807) is 12.3 Å². The zero-order valence-electron chi connectivity index (χ0n) is 16.1.